The molecule has 4 heterocycles. The van der Waals surface area contributed by atoms with Crippen molar-refractivity contribution in [1.82, 2.24) is 19.7 Å². The largest absolute Gasteiger partial charge is 0.481 e. The molecule has 0 spiro atoms. The molecule has 5 aromatic rings. The number of benzene rings is 2. The molecule has 6 rings (SSSR count). The molecule has 1 aliphatic heterocycles. The number of rotatable bonds is 6. The normalized spacial score (nSPS) is 15.8. The summed E-state index contributed by atoms with van der Waals surface area (Å²) in [5.41, 5.74) is 4.38. The fourth-order valence-electron chi connectivity index (χ4n) is 5.28. The molecule has 9 nitrogen and oxygen atoms in total. The topological polar surface area (TPSA) is 114 Å². The quantitative estimate of drug-likeness (QED) is 0.273. The van der Waals surface area contributed by atoms with E-state index in [0.29, 0.717) is 46.3 Å². The van der Waals surface area contributed by atoms with Crippen LogP contribution >= 0.6 is 11.3 Å². The zero-order valence-electron chi connectivity index (χ0n) is 21.5. The van der Waals surface area contributed by atoms with E-state index in [0.717, 1.165) is 29.0 Å². The molecule has 1 saturated heterocycles. The van der Waals surface area contributed by atoms with Gasteiger partial charge < -0.3 is 14.5 Å². The summed E-state index contributed by atoms with van der Waals surface area (Å²) in [7, 11) is 0. The molecule has 204 valence electrons. The summed E-state index contributed by atoms with van der Waals surface area (Å²) in [6, 6.07) is 8.50. The first-order valence-corrected chi connectivity index (χ1v) is 13.5. The van der Waals surface area contributed by atoms with E-state index in [1.807, 2.05) is 36.6 Å². The Bertz CT molecular complexity index is 1770. The van der Waals surface area contributed by atoms with Crippen LogP contribution in [0.4, 0.5) is 14.5 Å². The van der Waals surface area contributed by atoms with Gasteiger partial charge in [-0.05, 0) is 56.5 Å². The van der Waals surface area contributed by atoms with Crippen molar-refractivity contribution in [3.63, 3.8) is 0 Å². The van der Waals surface area contributed by atoms with Crippen LogP contribution in [0, 0.1) is 25.5 Å². The van der Waals surface area contributed by atoms with Crippen LogP contribution < -0.4 is 4.90 Å². The highest BCUT2D eigenvalue weighted by Gasteiger charge is 2.35. The number of aliphatic carboxylic acids is 1. The Hall–Kier alpha value is -4.45. The number of aromatic nitrogens is 4. The third kappa shape index (κ3) is 4.43. The van der Waals surface area contributed by atoms with Crippen molar-refractivity contribution in [1.29, 1.82) is 0 Å². The fraction of sp³-hybridized carbons (Fsp3) is 0.250. The van der Waals surface area contributed by atoms with Gasteiger partial charge in [-0.15, -0.1) is 11.3 Å². The molecule has 0 bridgehead atoms. The molecule has 1 atom stereocenters. The first-order valence-electron chi connectivity index (χ1n) is 12.6. The summed E-state index contributed by atoms with van der Waals surface area (Å²) in [6.45, 7) is 3.68. The maximum Gasteiger partial charge on any atom is 0.309 e. The standard InChI is InChI=1S/C28H23F2N5O4S/c1-14-26(15(2)39-33-14)16-6-9-22-21(10-16)32-27(35(22)28-31-17(13-40-28)11-25(37)38)23-4-3-5-24(36)34(23)18-7-8-19(29)20(30)12-18/h6-10,12-13,23H,3-5,11H2,1-2H3,(H,37,38). The average molecular weight is 564 g/mol. The van der Waals surface area contributed by atoms with Gasteiger partial charge in [0, 0.05) is 29.1 Å². The third-order valence-corrected chi connectivity index (χ3v) is 7.87. The van der Waals surface area contributed by atoms with E-state index in [1.54, 1.807) is 5.38 Å². The lowest BCUT2D eigenvalue weighted by Gasteiger charge is -2.35. The summed E-state index contributed by atoms with van der Waals surface area (Å²) in [5, 5.41) is 15.5. The zero-order valence-corrected chi connectivity index (χ0v) is 22.3. The van der Waals surface area contributed by atoms with Gasteiger partial charge in [0.25, 0.3) is 0 Å². The Morgan fingerprint density at radius 1 is 1.15 bits per heavy atom. The van der Waals surface area contributed by atoms with E-state index in [-0.39, 0.29) is 24.4 Å². The molecule has 0 saturated carbocycles. The molecule has 12 heteroatoms. The summed E-state index contributed by atoms with van der Waals surface area (Å²) in [6.07, 6.45) is 1.13. The van der Waals surface area contributed by atoms with Crippen LogP contribution in [0.3, 0.4) is 0 Å². The Morgan fingerprint density at radius 2 is 1.98 bits per heavy atom. The number of anilines is 1. The van der Waals surface area contributed by atoms with Gasteiger partial charge in [-0.1, -0.05) is 11.2 Å². The molecule has 1 aliphatic rings. The SMILES string of the molecule is Cc1noc(C)c1-c1ccc2c(c1)nc(C1CCCC(=O)N1c1ccc(F)c(F)c1)n2-c1nc(CC(=O)O)cs1. The number of piperidine rings is 1. The van der Waals surface area contributed by atoms with Crippen molar-refractivity contribution in [2.45, 2.75) is 45.6 Å². The van der Waals surface area contributed by atoms with Crippen LogP contribution in [0.25, 0.3) is 27.3 Å². The summed E-state index contributed by atoms with van der Waals surface area (Å²) in [4.78, 5) is 35.5. The molecule has 40 heavy (non-hydrogen) atoms. The number of carbonyl (C=O) groups is 2. The molecular formula is C28H23F2N5O4S. The second-order valence-corrected chi connectivity index (χ2v) is 10.5. The number of aryl methyl sites for hydroxylation is 2. The predicted octanol–water partition coefficient (Wildman–Crippen LogP) is 5.92. The number of imidazole rings is 1. The van der Waals surface area contributed by atoms with E-state index in [2.05, 4.69) is 10.1 Å². The van der Waals surface area contributed by atoms with Crippen molar-refractivity contribution < 1.29 is 28.0 Å². The lowest BCUT2D eigenvalue weighted by Crippen LogP contribution is -2.39. The van der Waals surface area contributed by atoms with Crippen molar-refractivity contribution in [3.05, 3.63) is 76.4 Å². The van der Waals surface area contributed by atoms with Crippen LogP contribution in [0.5, 0.6) is 0 Å². The Balaban J connectivity index is 1.55. The number of halogens is 2. The maximum atomic E-state index is 14.3. The highest BCUT2D eigenvalue weighted by atomic mass is 32.1. The van der Waals surface area contributed by atoms with Crippen molar-refractivity contribution in [3.8, 4) is 16.3 Å². The van der Waals surface area contributed by atoms with Crippen LogP contribution in [0.1, 0.15) is 48.3 Å². The van der Waals surface area contributed by atoms with Gasteiger partial charge in [0.1, 0.15) is 11.6 Å². The van der Waals surface area contributed by atoms with Gasteiger partial charge >= 0.3 is 5.97 Å². The first kappa shape index (κ1) is 25.8. The van der Waals surface area contributed by atoms with Crippen molar-refractivity contribution in [2.75, 3.05) is 4.90 Å². The predicted molar refractivity (Wildman–Crippen MR) is 143 cm³/mol. The number of amides is 1. The van der Waals surface area contributed by atoms with Crippen LogP contribution in [-0.4, -0.2) is 36.7 Å². The molecule has 1 fully saturated rings. The van der Waals surface area contributed by atoms with Crippen LogP contribution in [0.2, 0.25) is 0 Å². The summed E-state index contributed by atoms with van der Waals surface area (Å²) in [5.74, 6) is -2.14. The number of fused-ring (bicyclic) bond motifs is 1. The summed E-state index contributed by atoms with van der Waals surface area (Å²) >= 11 is 1.26. The molecular weight excluding hydrogens is 540 g/mol. The van der Waals surface area contributed by atoms with Crippen LogP contribution in [0.15, 0.2) is 46.3 Å². The minimum absolute atomic E-state index is 0.231. The average Bonchev–Trinajstić information content (AvgIpc) is 3.61. The number of carbonyl (C=O) groups excluding carboxylic acids is 1. The smallest absolute Gasteiger partial charge is 0.309 e. The molecule has 1 amide bonds. The van der Waals surface area contributed by atoms with Gasteiger partial charge in [-0.2, -0.15) is 0 Å². The van der Waals surface area contributed by atoms with E-state index in [9.17, 15) is 23.5 Å². The third-order valence-electron chi connectivity index (χ3n) is 6.99. The Morgan fingerprint density at radius 3 is 2.70 bits per heavy atom. The van der Waals surface area contributed by atoms with Gasteiger partial charge in [0.2, 0.25) is 5.91 Å². The van der Waals surface area contributed by atoms with E-state index >= 15 is 0 Å². The molecule has 1 unspecified atom stereocenters. The second-order valence-electron chi connectivity index (χ2n) is 9.67. The highest BCUT2D eigenvalue weighted by Crippen LogP contribution is 2.40. The minimum Gasteiger partial charge on any atom is -0.481 e. The summed E-state index contributed by atoms with van der Waals surface area (Å²) < 4.78 is 35.2. The highest BCUT2D eigenvalue weighted by molar-refractivity contribution is 7.12. The number of carboxylic acid groups (broad SMARTS) is 1. The van der Waals surface area contributed by atoms with E-state index in [4.69, 9.17) is 9.51 Å². The van der Waals surface area contributed by atoms with Crippen LogP contribution in [-0.2, 0) is 16.0 Å². The number of hydrogen-bond acceptors (Lipinski definition) is 7. The van der Waals surface area contributed by atoms with Gasteiger partial charge in [-0.25, -0.2) is 18.7 Å². The van der Waals surface area contributed by atoms with E-state index < -0.39 is 23.6 Å². The Kier molecular flexibility index (Phi) is 6.41. The minimum atomic E-state index is -1.05. The Labute approximate surface area is 230 Å². The molecule has 0 radical (unpaired) electrons. The number of thiazole rings is 1. The van der Waals surface area contributed by atoms with Gasteiger partial charge in [0.15, 0.2) is 16.8 Å². The lowest BCUT2D eigenvalue weighted by atomic mass is 9.99. The number of carboxylic acids is 1. The zero-order chi connectivity index (χ0) is 28.1. The second kappa shape index (κ2) is 9.94. The molecule has 1 N–H and O–H groups in total. The molecule has 2 aromatic carbocycles. The monoisotopic (exact) mass is 563 g/mol. The lowest BCUT2D eigenvalue weighted by molar-refractivity contribution is -0.136. The molecule has 0 aliphatic carbocycles. The maximum absolute atomic E-state index is 14.3. The van der Waals surface area contributed by atoms with Crippen molar-refractivity contribution >= 4 is 39.9 Å². The number of nitrogens with zero attached hydrogens (tertiary/aromatic N) is 5. The number of hydrogen-bond donors (Lipinski definition) is 1. The van der Waals surface area contributed by atoms with E-state index in [1.165, 1.54) is 22.3 Å². The first-order chi connectivity index (χ1) is 19.2. The van der Waals surface area contributed by atoms with Crippen molar-refractivity contribution in [2.24, 2.45) is 0 Å². The molecule has 3 aromatic heterocycles. The van der Waals surface area contributed by atoms with Gasteiger partial charge in [-0.3, -0.25) is 14.2 Å². The fourth-order valence-corrected chi connectivity index (χ4v) is 6.13. The van der Waals surface area contributed by atoms with Gasteiger partial charge in [0.05, 0.1) is 34.9 Å².